The molecule has 23 heavy (non-hydrogen) atoms. The summed E-state index contributed by atoms with van der Waals surface area (Å²) in [5.74, 6) is -0.639. The molecule has 5 heteroatoms. The summed E-state index contributed by atoms with van der Waals surface area (Å²) in [5.41, 5.74) is 1.49. The van der Waals surface area contributed by atoms with E-state index in [1.165, 1.54) is 24.3 Å². The maximum absolute atomic E-state index is 13.0. The largest absolute Gasteiger partial charge is 0.385 e. The van der Waals surface area contributed by atoms with Crippen molar-refractivity contribution in [2.45, 2.75) is 18.8 Å². The van der Waals surface area contributed by atoms with Gasteiger partial charge in [-0.15, -0.1) is 0 Å². The average Bonchev–Trinajstić information content (AvgIpc) is 2.58. The Morgan fingerprint density at radius 3 is 2.57 bits per heavy atom. The molecule has 0 aromatic heterocycles. The Labute approximate surface area is 134 Å². The molecule has 1 amide bonds. The number of benzene rings is 2. The highest BCUT2D eigenvalue weighted by molar-refractivity contribution is 5.82. The molecule has 0 saturated carbocycles. The van der Waals surface area contributed by atoms with Crippen LogP contribution in [0.4, 0.5) is 4.39 Å². The van der Waals surface area contributed by atoms with Gasteiger partial charge in [-0.05, 0) is 23.3 Å². The van der Waals surface area contributed by atoms with Crippen LogP contribution < -0.4 is 0 Å². The third-order valence-electron chi connectivity index (χ3n) is 3.93. The lowest BCUT2D eigenvalue weighted by Gasteiger charge is -2.34. The summed E-state index contributed by atoms with van der Waals surface area (Å²) in [5, 5.41) is 10.4. The molecular weight excluding hydrogens is 297 g/mol. The Morgan fingerprint density at radius 1 is 1.17 bits per heavy atom. The minimum atomic E-state index is -1.11. The molecule has 0 aliphatic carbocycles. The minimum absolute atomic E-state index is 0.253. The number of nitrogens with zero attached hydrogens (tertiary/aromatic N) is 1. The lowest BCUT2D eigenvalue weighted by molar-refractivity contribution is -0.164. The number of halogens is 1. The molecule has 3 rings (SSSR count). The van der Waals surface area contributed by atoms with Crippen molar-refractivity contribution in [2.24, 2.45) is 0 Å². The Kier molecular flexibility index (Phi) is 4.69. The standard InChI is InChI=1S/C18H18FNO3/c19-15-8-6-14(7-9-15)16(21)17-18(22)20(10-11-23-17)12-13-4-2-1-3-5-13/h1-9,16-17,21H,10-12H2/t16-,17+/m0/s1. The van der Waals surface area contributed by atoms with Gasteiger partial charge in [-0.1, -0.05) is 42.5 Å². The summed E-state index contributed by atoms with van der Waals surface area (Å²) in [4.78, 5) is 14.3. The summed E-state index contributed by atoms with van der Waals surface area (Å²) in [6.07, 6.45) is -2.07. The molecule has 1 aliphatic heterocycles. The van der Waals surface area contributed by atoms with Crippen molar-refractivity contribution < 1.29 is 19.0 Å². The van der Waals surface area contributed by atoms with Crippen molar-refractivity contribution in [3.63, 3.8) is 0 Å². The fourth-order valence-electron chi connectivity index (χ4n) is 2.67. The van der Waals surface area contributed by atoms with Gasteiger partial charge in [0, 0.05) is 13.1 Å². The predicted molar refractivity (Wildman–Crippen MR) is 83.0 cm³/mol. The van der Waals surface area contributed by atoms with Crippen molar-refractivity contribution in [2.75, 3.05) is 13.2 Å². The molecule has 1 heterocycles. The van der Waals surface area contributed by atoms with Crippen LogP contribution in [0.15, 0.2) is 54.6 Å². The van der Waals surface area contributed by atoms with Gasteiger partial charge in [0.05, 0.1) is 6.61 Å². The quantitative estimate of drug-likeness (QED) is 0.942. The first-order chi connectivity index (χ1) is 11.1. The molecular formula is C18H18FNO3. The van der Waals surface area contributed by atoms with E-state index in [0.29, 0.717) is 25.3 Å². The van der Waals surface area contributed by atoms with Crippen LogP contribution in [0.5, 0.6) is 0 Å². The average molecular weight is 315 g/mol. The summed E-state index contributed by atoms with van der Waals surface area (Å²) in [6.45, 7) is 1.33. The fraction of sp³-hybridized carbons (Fsp3) is 0.278. The number of carbonyl (C=O) groups excluding carboxylic acids is 1. The van der Waals surface area contributed by atoms with E-state index >= 15 is 0 Å². The third kappa shape index (κ3) is 3.57. The number of aliphatic hydroxyl groups excluding tert-OH is 1. The minimum Gasteiger partial charge on any atom is -0.385 e. The fourth-order valence-corrected chi connectivity index (χ4v) is 2.67. The van der Waals surface area contributed by atoms with Gasteiger partial charge >= 0.3 is 0 Å². The van der Waals surface area contributed by atoms with Gasteiger partial charge in [0.15, 0.2) is 6.10 Å². The number of aliphatic hydroxyl groups is 1. The van der Waals surface area contributed by atoms with Gasteiger partial charge in [-0.2, -0.15) is 0 Å². The number of amides is 1. The maximum atomic E-state index is 13.0. The van der Waals surface area contributed by atoms with Gasteiger partial charge in [-0.25, -0.2) is 4.39 Å². The Morgan fingerprint density at radius 2 is 1.87 bits per heavy atom. The second kappa shape index (κ2) is 6.89. The van der Waals surface area contributed by atoms with Crippen molar-refractivity contribution >= 4 is 5.91 Å². The molecule has 0 bridgehead atoms. The zero-order valence-corrected chi connectivity index (χ0v) is 12.6. The lowest BCUT2D eigenvalue weighted by atomic mass is 10.0. The van der Waals surface area contributed by atoms with Crippen molar-refractivity contribution in [1.82, 2.24) is 4.90 Å². The molecule has 1 saturated heterocycles. The molecule has 120 valence electrons. The molecule has 2 atom stereocenters. The summed E-state index contributed by atoms with van der Waals surface area (Å²) < 4.78 is 18.5. The number of hydrogen-bond acceptors (Lipinski definition) is 3. The Hall–Kier alpha value is -2.24. The van der Waals surface area contributed by atoms with Crippen LogP contribution in [0.2, 0.25) is 0 Å². The van der Waals surface area contributed by atoms with Crippen molar-refractivity contribution in [3.05, 3.63) is 71.5 Å². The highest BCUT2D eigenvalue weighted by atomic mass is 19.1. The van der Waals surface area contributed by atoms with E-state index in [1.807, 2.05) is 30.3 Å². The van der Waals surface area contributed by atoms with Gasteiger partial charge < -0.3 is 14.7 Å². The molecule has 1 fully saturated rings. The molecule has 0 radical (unpaired) electrons. The summed E-state index contributed by atoms with van der Waals surface area (Å²) >= 11 is 0. The highest BCUT2D eigenvalue weighted by Gasteiger charge is 2.35. The molecule has 2 aromatic rings. The predicted octanol–water partition coefficient (Wildman–Crippen LogP) is 2.29. The van der Waals surface area contributed by atoms with Crippen LogP contribution in [0.25, 0.3) is 0 Å². The maximum Gasteiger partial charge on any atom is 0.255 e. The number of morpholine rings is 1. The Balaban J connectivity index is 1.72. The van der Waals surface area contributed by atoms with Crippen molar-refractivity contribution in [3.8, 4) is 0 Å². The van der Waals surface area contributed by atoms with E-state index in [4.69, 9.17) is 4.74 Å². The van der Waals surface area contributed by atoms with E-state index in [2.05, 4.69) is 0 Å². The molecule has 0 unspecified atom stereocenters. The molecule has 1 N–H and O–H groups in total. The highest BCUT2D eigenvalue weighted by Crippen LogP contribution is 2.24. The Bertz CT molecular complexity index is 660. The van der Waals surface area contributed by atoms with Crippen LogP contribution in [0.3, 0.4) is 0 Å². The smallest absolute Gasteiger partial charge is 0.255 e. The topological polar surface area (TPSA) is 49.8 Å². The van der Waals surface area contributed by atoms with E-state index < -0.39 is 12.2 Å². The zero-order valence-electron chi connectivity index (χ0n) is 12.6. The zero-order chi connectivity index (χ0) is 16.2. The molecule has 0 spiro atoms. The first-order valence-electron chi connectivity index (χ1n) is 7.53. The number of hydrogen-bond donors (Lipinski definition) is 1. The van der Waals surface area contributed by atoms with E-state index in [0.717, 1.165) is 5.56 Å². The normalized spacial score (nSPS) is 19.7. The van der Waals surface area contributed by atoms with E-state index in [-0.39, 0.29) is 11.7 Å². The van der Waals surface area contributed by atoms with Gasteiger partial charge in [0.2, 0.25) is 0 Å². The monoisotopic (exact) mass is 315 g/mol. The number of carbonyl (C=O) groups is 1. The van der Waals surface area contributed by atoms with Gasteiger partial charge in [-0.3, -0.25) is 4.79 Å². The van der Waals surface area contributed by atoms with Crippen molar-refractivity contribution in [1.29, 1.82) is 0 Å². The second-order valence-electron chi connectivity index (χ2n) is 5.53. The number of rotatable bonds is 4. The lowest BCUT2D eigenvalue weighted by Crippen LogP contribution is -2.49. The van der Waals surface area contributed by atoms with Crippen LogP contribution in [-0.4, -0.2) is 35.2 Å². The summed E-state index contributed by atoms with van der Waals surface area (Å²) in [6, 6.07) is 15.1. The SMILES string of the molecule is O=C1[C@@H]([C@@H](O)c2ccc(F)cc2)OCCN1Cc1ccccc1. The van der Waals surface area contributed by atoms with Crippen LogP contribution >= 0.6 is 0 Å². The second-order valence-corrected chi connectivity index (χ2v) is 5.53. The first-order valence-corrected chi connectivity index (χ1v) is 7.53. The molecule has 4 nitrogen and oxygen atoms in total. The third-order valence-corrected chi connectivity index (χ3v) is 3.93. The van der Waals surface area contributed by atoms with Gasteiger partial charge in [0.1, 0.15) is 11.9 Å². The number of ether oxygens (including phenoxy) is 1. The van der Waals surface area contributed by atoms with E-state index in [9.17, 15) is 14.3 Å². The molecule has 2 aromatic carbocycles. The van der Waals surface area contributed by atoms with E-state index in [1.54, 1.807) is 4.90 Å². The van der Waals surface area contributed by atoms with Crippen LogP contribution in [0.1, 0.15) is 17.2 Å². The van der Waals surface area contributed by atoms with Crippen LogP contribution in [0, 0.1) is 5.82 Å². The first kappa shape index (κ1) is 15.6. The summed E-state index contributed by atoms with van der Waals surface area (Å²) in [7, 11) is 0. The van der Waals surface area contributed by atoms with Gasteiger partial charge in [0.25, 0.3) is 5.91 Å². The molecule has 1 aliphatic rings. The van der Waals surface area contributed by atoms with Crippen LogP contribution in [-0.2, 0) is 16.1 Å².